The highest BCUT2D eigenvalue weighted by Crippen LogP contribution is 2.33. The van der Waals surface area contributed by atoms with Crippen LogP contribution in [0.15, 0.2) is 18.2 Å². The molecular weight excluding hydrogens is 249 g/mol. The zero-order valence-corrected chi connectivity index (χ0v) is 10.8. The van der Waals surface area contributed by atoms with Gasteiger partial charge < -0.3 is 10.2 Å². The van der Waals surface area contributed by atoms with Crippen LogP contribution in [0, 0.1) is 11.7 Å². The lowest BCUT2D eigenvalue weighted by molar-refractivity contribution is -0.138. The van der Waals surface area contributed by atoms with Gasteiger partial charge in [-0.2, -0.15) is 0 Å². The molecule has 0 bridgehead atoms. The third kappa shape index (κ3) is 3.23. The van der Waals surface area contributed by atoms with Crippen LogP contribution in [0.5, 0.6) is 5.75 Å². The standard InChI is InChI=1S/C14H18FNO3/c1-9(12-7-11(15)2-3-13(12)17)16-5-4-10(8-16)6-14(18)19/h2-3,7,9-10,17H,4-6,8H2,1H3,(H,18,19). The number of carboxylic acids is 1. The molecule has 0 aliphatic carbocycles. The molecule has 2 atom stereocenters. The molecule has 1 saturated heterocycles. The Hall–Kier alpha value is -1.62. The van der Waals surface area contributed by atoms with E-state index in [1.165, 1.54) is 18.2 Å². The second kappa shape index (κ2) is 5.57. The van der Waals surface area contributed by atoms with Crippen molar-refractivity contribution in [3.63, 3.8) is 0 Å². The van der Waals surface area contributed by atoms with Crippen LogP contribution in [-0.4, -0.2) is 34.2 Å². The predicted molar refractivity (Wildman–Crippen MR) is 68.4 cm³/mol. The molecule has 1 heterocycles. The number of carboxylic acid groups (broad SMARTS) is 1. The third-order valence-corrected chi connectivity index (χ3v) is 3.77. The Labute approximate surface area is 111 Å². The van der Waals surface area contributed by atoms with Crippen molar-refractivity contribution in [3.8, 4) is 5.75 Å². The highest BCUT2D eigenvalue weighted by molar-refractivity contribution is 5.67. The van der Waals surface area contributed by atoms with Gasteiger partial charge in [-0.1, -0.05) is 0 Å². The molecule has 1 aromatic rings. The maximum Gasteiger partial charge on any atom is 0.303 e. The van der Waals surface area contributed by atoms with Gasteiger partial charge in [0.15, 0.2) is 0 Å². The lowest BCUT2D eigenvalue weighted by atomic mass is 10.0. The number of aliphatic carboxylic acids is 1. The first-order valence-corrected chi connectivity index (χ1v) is 6.41. The maximum absolute atomic E-state index is 13.2. The highest BCUT2D eigenvalue weighted by atomic mass is 19.1. The third-order valence-electron chi connectivity index (χ3n) is 3.77. The van der Waals surface area contributed by atoms with Crippen molar-refractivity contribution in [2.45, 2.75) is 25.8 Å². The molecule has 2 N–H and O–H groups in total. The van der Waals surface area contributed by atoms with Crippen molar-refractivity contribution >= 4 is 5.97 Å². The van der Waals surface area contributed by atoms with Crippen molar-refractivity contribution in [2.24, 2.45) is 5.92 Å². The first-order chi connectivity index (χ1) is 8.97. The minimum atomic E-state index is -0.784. The summed E-state index contributed by atoms with van der Waals surface area (Å²) >= 11 is 0. The minimum Gasteiger partial charge on any atom is -0.508 e. The van der Waals surface area contributed by atoms with Gasteiger partial charge in [0.1, 0.15) is 11.6 Å². The Balaban J connectivity index is 2.06. The second-order valence-electron chi connectivity index (χ2n) is 5.13. The highest BCUT2D eigenvalue weighted by Gasteiger charge is 2.29. The maximum atomic E-state index is 13.2. The molecule has 1 aromatic carbocycles. The zero-order valence-electron chi connectivity index (χ0n) is 10.8. The molecule has 0 amide bonds. The number of nitrogens with zero attached hydrogens (tertiary/aromatic N) is 1. The van der Waals surface area contributed by atoms with E-state index in [4.69, 9.17) is 5.11 Å². The van der Waals surface area contributed by atoms with Crippen molar-refractivity contribution in [2.75, 3.05) is 13.1 Å². The van der Waals surface area contributed by atoms with Crippen molar-refractivity contribution in [1.82, 2.24) is 4.90 Å². The molecule has 0 radical (unpaired) electrons. The van der Waals surface area contributed by atoms with Gasteiger partial charge in [-0.05, 0) is 44.0 Å². The number of benzene rings is 1. The first kappa shape index (κ1) is 13.8. The number of phenols is 1. The largest absolute Gasteiger partial charge is 0.508 e. The fourth-order valence-corrected chi connectivity index (χ4v) is 2.68. The Kier molecular flexibility index (Phi) is 4.04. The Morgan fingerprint density at radius 3 is 3.00 bits per heavy atom. The van der Waals surface area contributed by atoms with Crippen molar-refractivity contribution in [1.29, 1.82) is 0 Å². The molecule has 0 saturated carbocycles. The molecule has 19 heavy (non-hydrogen) atoms. The van der Waals surface area contributed by atoms with Gasteiger partial charge in [0.25, 0.3) is 0 Å². The summed E-state index contributed by atoms with van der Waals surface area (Å²) in [5, 5.41) is 18.6. The van der Waals surface area contributed by atoms with E-state index in [2.05, 4.69) is 4.90 Å². The van der Waals surface area contributed by atoms with Gasteiger partial charge in [0.05, 0.1) is 0 Å². The molecule has 0 spiro atoms. The number of aromatic hydroxyl groups is 1. The minimum absolute atomic E-state index is 0.0792. The topological polar surface area (TPSA) is 60.8 Å². The van der Waals surface area contributed by atoms with Crippen LogP contribution in [0.2, 0.25) is 0 Å². The van der Waals surface area contributed by atoms with E-state index in [1.807, 2.05) is 6.92 Å². The summed E-state index contributed by atoms with van der Waals surface area (Å²) < 4.78 is 13.2. The van der Waals surface area contributed by atoms with Crippen molar-refractivity contribution < 1.29 is 19.4 Å². The SMILES string of the molecule is CC(c1cc(F)ccc1O)N1CCC(CC(=O)O)C1. The number of carbonyl (C=O) groups is 1. The number of likely N-dealkylation sites (tertiary alicyclic amines) is 1. The normalized spacial score (nSPS) is 21.5. The second-order valence-corrected chi connectivity index (χ2v) is 5.13. The predicted octanol–water partition coefficient (Wildman–Crippen LogP) is 2.39. The molecule has 4 nitrogen and oxygen atoms in total. The molecule has 1 fully saturated rings. The smallest absolute Gasteiger partial charge is 0.303 e. The van der Waals surface area contributed by atoms with E-state index >= 15 is 0 Å². The van der Waals surface area contributed by atoms with Crippen LogP contribution < -0.4 is 0 Å². The number of halogens is 1. The van der Waals surface area contributed by atoms with Crippen molar-refractivity contribution in [3.05, 3.63) is 29.6 Å². The van der Waals surface area contributed by atoms with E-state index in [9.17, 15) is 14.3 Å². The summed E-state index contributed by atoms with van der Waals surface area (Å²) in [7, 11) is 0. The lowest BCUT2D eigenvalue weighted by Gasteiger charge is -2.25. The molecule has 5 heteroatoms. The van der Waals surface area contributed by atoms with Crippen LogP contribution in [-0.2, 0) is 4.79 Å². The van der Waals surface area contributed by atoms with Gasteiger partial charge in [0, 0.05) is 24.6 Å². The van der Waals surface area contributed by atoms with Gasteiger partial charge in [-0.15, -0.1) is 0 Å². The van der Waals surface area contributed by atoms with Crippen LogP contribution in [0.3, 0.4) is 0 Å². The van der Waals surface area contributed by atoms with Crippen LogP contribution >= 0.6 is 0 Å². The molecule has 104 valence electrons. The van der Waals surface area contributed by atoms with Gasteiger partial charge in [-0.25, -0.2) is 4.39 Å². The molecule has 2 rings (SSSR count). The summed E-state index contributed by atoms with van der Waals surface area (Å²) in [6, 6.07) is 3.80. The molecule has 1 aliphatic heterocycles. The lowest BCUT2D eigenvalue weighted by Crippen LogP contribution is -2.25. The average Bonchev–Trinajstić information content (AvgIpc) is 2.79. The van der Waals surface area contributed by atoms with Gasteiger partial charge in [0.2, 0.25) is 0 Å². The fourth-order valence-electron chi connectivity index (χ4n) is 2.68. The van der Waals surface area contributed by atoms with Crippen LogP contribution in [0.1, 0.15) is 31.4 Å². The average molecular weight is 267 g/mol. The van der Waals surface area contributed by atoms with Gasteiger partial charge in [-0.3, -0.25) is 9.69 Å². The van der Waals surface area contributed by atoms with E-state index in [-0.39, 0.29) is 29.9 Å². The van der Waals surface area contributed by atoms with E-state index in [1.54, 1.807) is 0 Å². The number of phenolic OH excluding ortho intramolecular Hbond substituents is 1. The Morgan fingerprint density at radius 2 is 2.32 bits per heavy atom. The first-order valence-electron chi connectivity index (χ1n) is 6.41. The molecule has 2 unspecified atom stereocenters. The number of hydrogen-bond donors (Lipinski definition) is 2. The summed E-state index contributed by atoms with van der Waals surface area (Å²) in [5.74, 6) is -0.944. The summed E-state index contributed by atoms with van der Waals surface area (Å²) in [6.07, 6.45) is 0.991. The number of hydrogen-bond acceptors (Lipinski definition) is 3. The van der Waals surface area contributed by atoms with E-state index in [0.717, 1.165) is 13.0 Å². The fraction of sp³-hybridized carbons (Fsp3) is 0.500. The quantitative estimate of drug-likeness (QED) is 0.879. The summed E-state index contributed by atoms with van der Waals surface area (Å²) in [4.78, 5) is 12.8. The monoisotopic (exact) mass is 267 g/mol. The Bertz CT molecular complexity index is 478. The van der Waals surface area contributed by atoms with Crippen LogP contribution in [0.4, 0.5) is 4.39 Å². The van der Waals surface area contributed by atoms with E-state index < -0.39 is 5.97 Å². The summed E-state index contributed by atoms with van der Waals surface area (Å²) in [5.41, 5.74) is 0.552. The zero-order chi connectivity index (χ0) is 14.0. The molecular formula is C14H18FNO3. The van der Waals surface area contributed by atoms with E-state index in [0.29, 0.717) is 12.1 Å². The Morgan fingerprint density at radius 1 is 1.58 bits per heavy atom. The van der Waals surface area contributed by atoms with Crippen LogP contribution in [0.25, 0.3) is 0 Å². The van der Waals surface area contributed by atoms with Gasteiger partial charge >= 0.3 is 5.97 Å². The summed E-state index contributed by atoms with van der Waals surface area (Å²) in [6.45, 7) is 3.34. The number of rotatable bonds is 4. The molecule has 0 aromatic heterocycles. The molecule has 1 aliphatic rings.